The number of aryl methyl sites for hydroxylation is 1. The zero-order valence-electron chi connectivity index (χ0n) is 14.3. The number of hydrogen-bond donors (Lipinski definition) is 1. The van der Waals surface area contributed by atoms with E-state index in [-0.39, 0.29) is 5.56 Å². The molecule has 6 heteroatoms. The molecule has 1 fully saturated rings. The smallest absolute Gasteiger partial charge is 0.255 e. The third-order valence-corrected chi connectivity index (χ3v) is 5.57. The number of nitrogens with zero attached hydrogens (tertiary/aromatic N) is 3. The number of aromatic amines is 1. The minimum Gasteiger partial charge on any atom is -0.340 e. The van der Waals surface area contributed by atoms with Crippen LogP contribution in [0.3, 0.4) is 0 Å². The van der Waals surface area contributed by atoms with Crippen molar-refractivity contribution in [2.75, 3.05) is 31.1 Å². The highest BCUT2D eigenvalue weighted by Crippen LogP contribution is 2.21. The van der Waals surface area contributed by atoms with Gasteiger partial charge in [0, 0.05) is 43.3 Å². The summed E-state index contributed by atoms with van der Waals surface area (Å²) in [5.41, 5.74) is 3.12. The van der Waals surface area contributed by atoms with E-state index in [0.29, 0.717) is 0 Å². The number of halogens is 1. The summed E-state index contributed by atoms with van der Waals surface area (Å²) >= 11 is 6.27. The molecular weight excluding hydrogens is 336 g/mol. The maximum Gasteiger partial charge on any atom is 0.255 e. The van der Waals surface area contributed by atoms with E-state index in [1.165, 1.54) is 0 Å². The molecule has 1 saturated heterocycles. The fourth-order valence-corrected chi connectivity index (χ4v) is 3.92. The number of piperazine rings is 1. The molecule has 0 atom stereocenters. The van der Waals surface area contributed by atoms with Gasteiger partial charge in [0.1, 0.15) is 0 Å². The van der Waals surface area contributed by atoms with E-state index in [4.69, 9.17) is 16.6 Å². The van der Waals surface area contributed by atoms with Crippen molar-refractivity contribution in [3.05, 3.63) is 56.5 Å². The number of anilines is 1. The molecule has 0 radical (unpaired) electrons. The number of fused-ring (bicyclic) bond motifs is 1. The Morgan fingerprint density at radius 2 is 1.84 bits per heavy atom. The van der Waals surface area contributed by atoms with Gasteiger partial charge in [-0.2, -0.15) is 0 Å². The highest BCUT2D eigenvalue weighted by molar-refractivity contribution is 6.31. The van der Waals surface area contributed by atoms with E-state index in [2.05, 4.69) is 20.9 Å². The van der Waals surface area contributed by atoms with Gasteiger partial charge in [-0.25, -0.2) is 4.98 Å². The van der Waals surface area contributed by atoms with Gasteiger partial charge in [-0.15, -0.1) is 0 Å². The first-order valence-electron chi connectivity index (χ1n) is 9.03. The molecule has 0 unspecified atom stereocenters. The van der Waals surface area contributed by atoms with Crippen LogP contribution < -0.4 is 10.5 Å². The van der Waals surface area contributed by atoms with E-state index in [1.807, 2.05) is 18.2 Å². The van der Waals surface area contributed by atoms with Crippen molar-refractivity contribution in [1.82, 2.24) is 14.9 Å². The zero-order chi connectivity index (χ0) is 17.2. The van der Waals surface area contributed by atoms with Gasteiger partial charge in [0.15, 0.2) is 0 Å². The van der Waals surface area contributed by atoms with Gasteiger partial charge < -0.3 is 4.90 Å². The average molecular weight is 359 g/mol. The monoisotopic (exact) mass is 358 g/mol. The summed E-state index contributed by atoms with van der Waals surface area (Å²) in [6.45, 7) is 4.47. The highest BCUT2D eigenvalue weighted by atomic mass is 35.5. The molecule has 0 spiro atoms. The molecule has 0 amide bonds. The second-order valence-electron chi connectivity index (χ2n) is 6.88. The van der Waals surface area contributed by atoms with E-state index >= 15 is 0 Å². The standard InChI is InChI=1S/C19H23ClN4O/c20-16-7-3-1-5-14(16)13-23-9-11-24(12-10-23)19-21-17-8-4-2-6-15(17)18(25)22-19/h1,3,5,7H,2,4,6,8-13H2,(H,21,22,25). The SMILES string of the molecule is O=c1[nH]c(N2CCN(Cc3ccccc3Cl)CC2)nc2c1CCCC2. The summed E-state index contributed by atoms with van der Waals surface area (Å²) in [7, 11) is 0. The molecule has 2 aromatic rings. The number of H-pyrrole nitrogens is 1. The first kappa shape index (κ1) is 16.6. The molecule has 0 bridgehead atoms. The van der Waals surface area contributed by atoms with Crippen molar-refractivity contribution in [3.63, 3.8) is 0 Å². The average Bonchev–Trinajstić information content (AvgIpc) is 2.64. The van der Waals surface area contributed by atoms with Crippen LogP contribution in [0.1, 0.15) is 29.7 Å². The fraction of sp³-hybridized carbons (Fsp3) is 0.474. The summed E-state index contributed by atoms with van der Waals surface area (Å²) in [6.07, 6.45) is 4.02. The molecule has 4 rings (SSSR count). The van der Waals surface area contributed by atoms with Gasteiger partial charge >= 0.3 is 0 Å². The Hall–Kier alpha value is -1.85. The molecule has 5 nitrogen and oxygen atoms in total. The summed E-state index contributed by atoms with van der Waals surface area (Å²) < 4.78 is 0. The minimum atomic E-state index is 0.0539. The lowest BCUT2D eigenvalue weighted by Gasteiger charge is -2.35. The van der Waals surface area contributed by atoms with Crippen LogP contribution in [0, 0.1) is 0 Å². The largest absolute Gasteiger partial charge is 0.340 e. The van der Waals surface area contributed by atoms with Crippen LogP contribution >= 0.6 is 11.6 Å². The normalized spacial score (nSPS) is 18.2. The van der Waals surface area contributed by atoms with Crippen LogP contribution in [0.5, 0.6) is 0 Å². The lowest BCUT2D eigenvalue weighted by Crippen LogP contribution is -2.47. The van der Waals surface area contributed by atoms with Gasteiger partial charge in [-0.3, -0.25) is 14.7 Å². The molecule has 2 aliphatic rings. The maximum atomic E-state index is 12.3. The number of aromatic nitrogens is 2. The zero-order valence-corrected chi connectivity index (χ0v) is 15.1. The molecular formula is C19H23ClN4O. The number of hydrogen-bond acceptors (Lipinski definition) is 4. The van der Waals surface area contributed by atoms with Crippen LogP contribution in [-0.2, 0) is 19.4 Å². The molecule has 1 aliphatic heterocycles. The number of benzene rings is 1. The van der Waals surface area contributed by atoms with Gasteiger partial charge in [0.05, 0.1) is 5.69 Å². The fourth-order valence-electron chi connectivity index (χ4n) is 3.73. The highest BCUT2D eigenvalue weighted by Gasteiger charge is 2.22. The Labute approximate surface area is 152 Å². The summed E-state index contributed by atoms with van der Waals surface area (Å²) in [5.74, 6) is 0.739. The second kappa shape index (κ2) is 7.18. The van der Waals surface area contributed by atoms with E-state index in [9.17, 15) is 4.79 Å². The van der Waals surface area contributed by atoms with Gasteiger partial charge in [-0.05, 0) is 37.3 Å². The van der Waals surface area contributed by atoms with E-state index < -0.39 is 0 Å². The Morgan fingerprint density at radius 1 is 1.08 bits per heavy atom. The van der Waals surface area contributed by atoms with Crippen LogP contribution in [0.2, 0.25) is 5.02 Å². The predicted octanol–water partition coefficient (Wildman–Crippen LogP) is 2.62. The molecule has 1 aromatic heterocycles. The lowest BCUT2D eigenvalue weighted by atomic mass is 9.97. The quantitative estimate of drug-likeness (QED) is 0.916. The van der Waals surface area contributed by atoms with Crippen molar-refractivity contribution < 1.29 is 0 Å². The number of rotatable bonds is 3. The Kier molecular flexibility index (Phi) is 4.77. The van der Waals surface area contributed by atoms with Crippen molar-refractivity contribution in [2.45, 2.75) is 32.2 Å². The molecule has 132 valence electrons. The van der Waals surface area contributed by atoms with E-state index in [0.717, 1.165) is 86.2 Å². The first-order valence-corrected chi connectivity index (χ1v) is 9.41. The van der Waals surface area contributed by atoms with Crippen molar-refractivity contribution in [1.29, 1.82) is 0 Å². The number of nitrogens with one attached hydrogen (secondary N) is 1. The molecule has 1 N–H and O–H groups in total. The van der Waals surface area contributed by atoms with Gasteiger partial charge in [0.25, 0.3) is 5.56 Å². The summed E-state index contributed by atoms with van der Waals surface area (Å²) in [4.78, 5) is 24.7. The summed E-state index contributed by atoms with van der Waals surface area (Å²) in [5, 5.41) is 0.825. The third-order valence-electron chi connectivity index (χ3n) is 5.20. The molecule has 1 aliphatic carbocycles. The van der Waals surface area contributed by atoms with E-state index in [1.54, 1.807) is 0 Å². The van der Waals surface area contributed by atoms with Crippen molar-refractivity contribution in [2.24, 2.45) is 0 Å². The molecule has 1 aromatic carbocycles. The summed E-state index contributed by atoms with van der Waals surface area (Å²) in [6, 6.07) is 8.01. The molecule has 0 saturated carbocycles. The molecule has 25 heavy (non-hydrogen) atoms. The third kappa shape index (κ3) is 3.58. The topological polar surface area (TPSA) is 52.2 Å². The Bertz CT molecular complexity index is 811. The van der Waals surface area contributed by atoms with Crippen LogP contribution in [0.15, 0.2) is 29.1 Å². The van der Waals surface area contributed by atoms with Crippen LogP contribution in [-0.4, -0.2) is 41.0 Å². The predicted molar refractivity (Wildman–Crippen MR) is 100 cm³/mol. The van der Waals surface area contributed by atoms with Gasteiger partial charge in [0.2, 0.25) is 5.95 Å². The first-order chi connectivity index (χ1) is 12.2. The Morgan fingerprint density at radius 3 is 2.64 bits per heavy atom. The maximum absolute atomic E-state index is 12.3. The van der Waals surface area contributed by atoms with Crippen LogP contribution in [0.25, 0.3) is 0 Å². The lowest BCUT2D eigenvalue weighted by molar-refractivity contribution is 0.248. The second-order valence-corrected chi connectivity index (χ2v) is 7.28. The van der Waals surface area contributed by atoms with Crippen molar-refractivity contribution in [3.8, 4) is 0 Å². The Balaban J connectivity index is 1.43. The van der Waals surface area contributed by atoms with Crippen LogP contribution in [0.4, 0.5) is 5.95 Å². The minimum absolute atomic E-state index is 0.0539. The molecule has 2 heterocycles. The van der Waals surface area contributed by atoms with Crippen molar-refractivity contribution >= 4 is 17.5 Å². The van der Waals surface area contributed by atoms with Gasteiger partial charge in [-0.1, -0.05) is 29.8 Å².